The minimum absolute atomic E-state index is 0.396. The monoisotopic (exact) mass is 698 g/mol. The molecule has 7 aliphatic carbocycles. The molecule has 11 rings (SSSR count). The van der Waals surface area contributed by atoms with Gasteiger partial charge in [0.1, 0.15) is 6.29 Å². The highest BCUT2D eigenvalue weighted by Crippen LogP contribution is 2.57. The van der Waals surface area contributed by atoms with Gasteiger partial charge in [0.25, 0.3) is 0 Å². The van der Waals surface area contributed by atoms with Crippen molar-refractivity contribution in [3.05, 3.63) is 12.2 Å². The third-order valence-corrected chi connectivity index (χ3v) is 19.1. The summed E-state index contributed by atoms with van der Waals surface area (Å²) in [4.78, 5) is 6.25. The lowest BCUT2D eigenvalue weighted by Crippen LogP contribution is -2.72. The van der Waals surface area contributed by atoms with Crippen LogP contribution in [-0.2, 0) is 0 Å². The van der Waals surface area contributed by atoms with E-state index in [0.717, 1.165) is 89.4 Å². The van der Waals surface area contributed by atoms with E-state index < -0.39 is 0 Å². The number of nitrogens with one attached hydrogen (secondary N) is 3. The van der Waals surface area contributed by atoms with Crippen LogP contribution in [0.25, 0.3) is 0 Å². The highest BCUT2D eigenvalue weighted by molar-refractivity contribution is 5.16. The predicted octanol–water partition coefficient (Wildman–Crippen LogP) is 8.80. The number of nitrogens with zero attached hydrogens (tertiary/aromatic N) is 2. The average molecular weight is 698 g/mol. The van der Waals surface area contributed by atoms with Crippen LogP contribution >= 0.6 is 0 Å². The van der Waals surface area contributed by atoms with E-state index in [4.69, 9.17) is 0 Å². The van der Waals surface area contributed by atoms with Crippen LogP contribution < -0.4 is 16.0 Å². The molecule has 0 amide bonds. The van der Waals surface area contributed by atoms with Crippen molar-refractivity contribution < 1.29 is 0 Å². The standard InChI is InChI=1S/C46H75N5/c1-2-11-30-26-33(20-19-29(30)10-1)45-36-14-3-6-15-39(36)48-46(49-45)51-41-17-8-5-13-35(41)38-28-32(22-24-43(38)51)31-21-23-42-37(27-31)34-12-4-7-16-40(34)50(42)44-18-9-25-47-44/h8,17,29-49H,1-7,9-16,18-28H2. The van der Waals surface area contributed by atoms with Gasteiger partial charge in [-0.15, -0.1) is 0 Å². The summed E-state index contributed by atoms with van der Waals surface area (Å²) in [6.45, 7) is 1.26. The number of likely N-dealkylation sites (tertiary alicyclic amines) is 2. The molecule has 284 valence electrons. The molecular formula is C46H75N5. The molecule has 3 N–H and O–H groups in total. The third kappa shape index (κ3) is 5.92. The van der Waals surface area contributed by atoms with Crippen molar-refractivity contribution in [1.29, 1.82) is 0 Å². The second kappa shape index (κ2) is 14.2. The molecule has 10 fully saturated rings. The zero-order valence-corrected chi connectivity index (χ0v) is 32.3. The Balaban J connectivity index is 0.812. The lowest BCUT2D eigenvalue weighted by Gasteiger charge is -2.54. The van der Waals surface area contributed by atoms with Crippen LogP contribution in [0.5, 0.6) is 0 Å². The smallest absolute Gasteiger partial charge is 0.115 e. The highest BCUT2D eigenvalue weighted by atomic mass is 15.5. The van der Waals surface area contributed by atoms with E-state index in [1.807, 2.05) is 0 Å². The van der Waals surface area contributed by atoms with Gasteiger partial charge >= 0.3 is 0 Å². The maximum absolute atomic E-state index is 4.55. The molecule has 11 aliphatic rings. The molecule has 0 spiro atoms. The maximum atomic E-state index is 4.55. The van der Waals surface area contributed by atoms with Crippen molar-refractivity contribution in [1.82, 2.24) is 25.8 Å². The second-order valence-electron chi connectivity index (χ2n) is 21.0. The summed E-state index contributed by atoms with van der Waals surface area (Å²) < 4.78 is 0. The summed E-state index contributed by atoms with van der Waals surface area (Å²) >= 11 is 0. The number of rotatable bonds is 4. The summed E-state index contributed by atoms with van der Waals surface area (Å²) in [6.07, 6.45) is 43.6. The summed E-state index contributed by atoms with van der Waals surface area (Å²) in [6, 6.07) is 4.73. The summed E-state index contributed by atoms with van der Waals surface area (Å²) in [5.74, 6) is 9.70. The summed E-state index contributed by atoms with van der Waals surface area (Å²) in [5.41, 5.74) is 0. The molecule has 0 aromatic rings. The van der Waals surface area contributed by atoms with Gasteiger partial charge in [-0.25, -0.2) is 0 Å². The zero-order chi connectivity index (χ0) is 33.5. The maximum Gasteiger partial charge on any atom is 0.115 e. The minimum atomic E-state index is 0.396. The van der Waals surface area contributed by atoms with Crippen LogP contribution in [0.3, 0.4) is 0 Å². The fraction of sp³-hybridized carbons (Fsp3) is 0.957. The quantitative estimate of drug-likeness (QED) is 0.257. The van der Waals surface area contributed by atoms with Crippen LogP contribution in [0, 0.1) is 59.2 Å². The molecule has 4 heterocycles. The topological polar surface area (TPSA) is 42.6 Å². The first-order valence-corrected chi connectivity index (χ1v) is 23.8. The van der Waals surface area contributed by atoms with Crippen LogP contribution in [0.4, 0.5) is 0 Å². The van der Waals surface area contributed by atoms with Crippen molar-refractivity contribution in [3.63, 3.8) is 0 Å². The molecule has 5 heteroatoms. The predicted molar refractivity (Wildman–Crippen MR) is 208 cm³/mol. The lowest BCUT2D eigenvalue weighted by atomic mass is 9.62. The molecule has 4 saturated heterocycles. The fourth-order valence-corrected chi connectivity index (χ4v) is 17.1. The summed E-state index contributed by atoms with van der Waals surface area (Å²) in [7, 11) is 0. The SMILES string of the molecule is C1=CC2C(CC1)C1CC(C3CCC4C(C3)C3CCCCC3N4C3CCCN3)CCC1N2C1NC2CCCCC2C(C2CCC3CCCCC3C2)N1. The van der Waals surface area contributed by atoms with Gasteiger partial charge in [0.15, 0.2) is 0 Å². The molecule has 6 saturated carbocycles. The highest BCUT2D eigenvalue weighted by Gasteiger charge is 2.58. The molecule has 51 heavy (non-hydrogen) atoms. The number of fused-ring (bicyclic) bond motifs is 8. The lowest BCUT2D eigenvalue weighted by molar-refractivity contribution is -0.0311. The van der Waals surface area contributed by atoms with E-state index in [2.05, 4.69) is 37.9 Å². The second-order valence-corrected chi connectivity index (χ2v) is 21.0. The van der Waals surface area contributed by atoms with Crippen LogP contribution in [0.15, 0.2) is 12.2 Å². The fourth-order valence-electron chi connectivity index (χ4n) is 17.1. The minimum Gasteiger partial charge on any atom is -0.302 e. The Morgan fingerprint density at radius 1 is 0.451 bits per heavy atom. The van der Waals surface area contributed by atoms with Crippen molar-refractivity contribution in [2.45, 2.75) is 209 Å². The van der Waals surface area contributed by atoms with E-state index in [1.165, 1.54) is 148 Å². The van der Waals surface area contributed by atoms with Gasteiger partial charge in [-0.3, -0.25) is 20.4 Å². The Labute approximate surface area is 312 Å². The number of hydrogen-bond donors (Lipinski definition) is 3. The van der Waals surface area contributed by atoms with E-state index >= 15 is 0 Å². The van der Waals surface area contributed by atoms with E-state index in [-0.39, 0.29) is 0 Å². The molecule has 0 aromatic carbocycles. The Morgan fingerprint density at radius 2 is 1.12 bits per heavy atom. The normalized spacial score (nSPS) is 54.5. The Hall–Kier alpha value is -0.460. The third-order valence-electron chi connectivity index (χ3n) is 19.1. The van der Waals surface area contributed by atoms with Gasteiger partial charge in [0.05, 0.1) is 6.17 Å². The van der Waals surface area contributed by atoms with Gasteiger partial charge in [-0.2, -0.15) is 0 Å². The van der Waals surface area contributed by atoms with Gasteiger partial charge in [-0.05, 0) is 175 Å². The van der Waals surface area contributed by atoms with Crippen molar-refractivity contribution in [2.24, 2.45) is 59.2 Å². The Bertz CT molecular complexity index is 1250. The van der Waals surface area contributed by atoms with Crippen LogP contribution in [0.1, 0.15) is 161 Å². The largest absolute Gasteiger partial charge is 0.302 e. The molecule has 0 bridgehead atoms. The molecule has 4 aliphatic heterocycles. The Morgan fingerprint density at radius 3 is 1.96 bits per heavy atom. The van der Waals surface area contributed by atoms with E-state index in [9.17, 15) is 0 Å². The zero-order valence-electron chi connectivity index (χ0n) is 32.3. The van der Waals surface area contributed by atoms with Crippen molar-refractivity contribution in [2.75, 3.05) is 6.54 Å². The van der Waals surface area contributed by atoms with Gasteiger partial charge in [0.2, 0.25) is 0 Å². The first-order chi connectivity index (χ1) is 25.3. The van der Waals surface area contributed by atoms with Crippen molar-refractivity contribution >= 4 is 0 Å². The number of hydrogen-bond acceptors (Lipinski definition) is 5. The van der Waals surface area contributed by atoms with Crippen molar-refractivity contribution in [3.8, 4) is 0 Å². The Kier molecular flexibility index (Phi) is 9.45. The first kappa shape index (κ1) is 33.8. The average Bonchev–Trinajstić information content (AvgIpc) is 3.92. The molecule has 0 radical (unpaired) electrons. The van der Waals surface area contributed by atoms with Gasteiger partial charge < -0.3 is 5.32 Å². The molecule has 0 aromatic heterocycles. The first-order valence-electron chi connectivity index (χ1n) is 23.8. The molecule has 18 atom stereocenters. The molecule has 18 unspecified atom stereocenters. The summed E-state index contributed by atoms with van der Waals surface area (Å²) in [5, 5.41) is 12.9. The molecular weight excluding hydrogens is 623 g/mol. The number of allylic oxidation sites excluding steroid dienone is 1. The van der Waals surface area contributed by atoms with E-state index in [0.29, 0.717) is 18.5 Å². The van der Waals surface area contributed by atoms with Crippen LogP contribution in [-0.4, -0.2) is 65.1 Å². The van der Waals surface area contributed by atoms with Crippen LogP contribution in [0.2, 0.25) is 0 Å². The molecule has 5 nitrogen and oxygen atoms in total. The van der Waals surface area contributed by atoms with Gasteiger partial charge in [-0.1, -0.05) is 63.5 Å². The van der Waals surface area contributed by atoms with Gasteiger partial charge in [0, 0.05) is 36.3 Å². The van der Waals surface area contributed by atoms with E-state index in [1.54, 1.807) is 19.3 Å².